The molecule has 258 valence electrons. The molecule has 0 atom stereocenters. The summed E-state index contributed by atoms with van der Waals surface area (Å²) in [5.41, 5.74) is 9.33. The van der Waals surface area contributed by atoms with Crippen molar-refractivity contribution in [2.45, 2.75) is 0 Å². The predicted molar refractivity (Wildman–Crippen MR) is 216 cm³/mol. The molecular weight excluding hydrogens is 681 g/mol. The van der Waals surface area contributed by atoms with Crippen LogP contribution in [0.4, 0.5) is 0 Å². The highest BCUT2D eigenvalue weighted by Gasteiger charge is 2.23. The molecule has 0 unspecified atom stereocenters. The maximum atomic E-state index is 6.67. The minimum absolute atomic E-state index is 0.437. The van der Waals surface area contributed by atoms with E-state index < -0.39 is 0 Å². The van der Waals surface area contributed by atoms with Crippen molar-refractivity contribution in [3.8, 4) is 57.1 Å². The van der Waals surface area contributed by atoms with Gasteiger partial charge in [0.05, 0.1) is 33.5 Å². The van der Waals surface area contributed by atoms with Gasteiger partial charge < -0.3 is 4.42 Å². The Morgan fingerprint density at radius 3 is 1.33 bits per heavy atom. The summed E-state index contributed by atoms with van der Waals surface area (Å²) < 4.78 is 11.1. The van der Waals surface area contributed by atoms with Gasteiger partial charge in [-0.3, -0.25) is 19.1 Å². The Hall–Kier alpha value is -7.78. The van der Waals surface area contributed by atoms with E-state index in [0.717, 1.165) is 88.9 Å². The second-order valence-electron chi connectivity index (χ2n) is 13.3. The molecule has 0 radical (unpaired) electrons. The SMILES string of the molecule is c1cncc(-c2cccc(-n3c4ccccc4c4c(-c5nnc(-c6cccc7c6c6ccccc6n7-c6cccc(-c7cccnc7)n6)o5)cccc43)n2)c1. The van der Waals surface area contributed by atoms with Crippen molar-refractivity contribution in [1.29, 1.82) is 0 Å². The maximum Gasteiger partial charge on any atom is 0.248 e. The van der Waals surface area contributed by atoms with Crippen LogP contribution in [0, 0.1) is 0 Å². The van der Waals surface area contributed by atoms with Gasteiger partial charge in [0, 0.05) is 68.6 Å². The molecule has 11 aromatic rings. The Balaban J connectivity index is 1.07. The molecule has 9 nitrogen and oxygen atoms in total. The summed E-state index contributed by atoms with van der Waals surface area (Å²) in [6.07, 6.45) is 7.20. The second-order valence-corrected chi connectivity index (χ2v) is 13.3. The van der Waals surface area contributed by atoms with Crippen LogP contribution < -0.4 is 0 Å². The summed E-state index contributed by atoms with van der Waals surface area (Å²) in [6.45, 7) is 0. The largest absolute Gasteiger partial charge is 0.416 e. The predicted octanol–water partition coefficient (Wildman–Crippen LogP) is 10.5. The van der Waals surface area contributed by atoms with E-state index in [2.05, 4.69) is 90.0 Å². The lowest BCUT2D eigenvalue weighted by molar-refractivity contribution is 0.586. The van der Waals surface area contributed by atoms with Gasteiger partial charge in [0.2, 0.25) is 11.8 Å². The van der Waals surface area contributed by atoms with Gasteiger partial charge >= 0.3 is 0 Å². The van der Waals surface area contributed by atoms with Gasteiger partial charge in [-0.1, -0.05) is 60.7 Å². The fraction of sp³-hybridized carbons (Fsp3) is 0. The summed E-state index contributed by atoms with van der Waals surface area (Å²) in [4.78, 5) is 18.8. The quantitative estimate of drug-likeness (QED) is 0.169. The fourth-order valence-electron chi connectivity index (χ4n) is 7.78. The number of aromatic nitrogens is 8. The van der Waals surface area contributed by atoms with Gasteiger partial charge in [-0.15, -0.1) is 10.2 Å². The first kappa shape index (κ1) is 30.8. The molecular formula is C46H28N8O. The molecule has 0 N–H and O–H groups in total. The third-order valence-electron chi connectivity index (χ3n) is 10.1. The van der Waals surface area contributed by atoms with Crippen LogP contribution >= 0.6 is 0 Å². The Labute approximate surface area is 313 Å². The zero-order valence-corrected chi connectivity index (χ0v) is 29.2. The zero-order chi connectivity index (χ0) is 36.3. The van der Waals surface area contributed by atoms with E-state index in [1.54, 1.807) is 12.4 Å². The number of benzene rings is 4. The molecule has 0 aliphatic heterocycles. The molecule has 0 spiro atoms. The van der Waals surface area contributed by atoms with Crippen LogP contribution in [0.5, 0.6) is 0 Å². The van der Waals surface area contributed by atoms with E-state index in [1.807, 2.05) is 97.3 Å². The smallest absolute Gasteiger partial charge is 0.248 e. The molecule has 55 heavy (non-hydrogen) atoms. The van der Waals surface area contributed by atoms with E-state index >= 15 is 0 Å². The van der Waals surface area contributed by atoms with E-state index in [1.165, 1.54) is 0 Å². The van der Waals surface area contributed by atoms with Crippen molar-refractivity contribution in [1.82, 2.24) is 39.3 Å². The molecule has 4 aromatic carbocycles. The van der Waals surface area contributed by atoms with Gasteiger partial charge in [0.25, 0.3) is 0 Å². The molecule has 11 rings (SSSR count). The van der Waals surface area contributed by atoms with Crippen LogP contribution in [0.15, 0.2) is 175 Å². The molecule has 7 heterocycles. The van der Waals surface area contributed by atoms with Crippen LogP contribution in [0.3, 0.4) is 0 Å². The van der Waals surface area contributed by atoms with Gasteiger partial charge in [-0.25, -0.2) is 9.97 Å². The molecule has 0 saturated carbocycles. The summed E-state index contributed by atoms with van der Waals surface area (Å²) in [5, 5.41) is 13.5. The van der Waals surface area contributed by atoms with Gasteiger partial charge in [-0.2, -0.15) is 0 Å². The molecule has 0 bridgehead atoms. The van der Waals surface area contributed by atoms with Crippen LogP contribution in [-0.2, 0) is 0 Å². The Morgan fingerprint density at radius 2 is 0.855 bits per heavy atom. The molecule has 0 saturated heterocycles. The lowest BCUT2D eigenvalue weighted by Crippen LogP contribution is -1.98. The maximum absolute atomic E-state index is 6.67. The summed E-state index contributed by atoms with van der Waals surface area (Å²) >= 11 is 0. The van der Waals surface area contributed by atoms with E-state index in [0.29, 0.717) is 11.8 Å². The Morgan fingerprint density at radius 1 is 0.400 bits per heavy atom. The van der Waals surface area contributed by atoms with E-state index in [9.17, 15) is 0 Å². The number of rotatable bonds is 6. The van der Waals surface area contributed by atoms with Crippen molar-refractivity contribution in [3.05, 3.63) is 170 Å². The first-order valence-electron chi connectivity index (χ1n) is 17.9. The number of para-hydroxylation sites is 2. The van der Waals surface area contributed by atoms with Gasteiger partial charge in [0.15, 0.2) is 0 Å². The van der Waals surface area contributed by atoms with E-state index in [-0.39, 0.29) is 0 Å². The van der Waals surface area contributed by atoms with Crippen molar-refractivity contribution in [2.75, 3.05) is 0 Å². The summed E-state index contributed by atoms with van der Waals surface area (Å²) in [7, 11) is 0. The van der Waals surface area contributed by atoms with Crippen LogP contribution in [0.1, 0.15) is 0 Å². The first-order chi connectivity index (χ1) is 27.3. The highest BCUT2D eigenvalue weighted by atomic mass is 16.4. The lowest BCUT2D eigenvalue weighted by Gasteiger charge is -2.09. The first-order valence-corrected chi connectivity index (χ1v) is 17.9. The average molecular weight is 709 g/mol. The highest BCUT2D eigenvalue weighted by Crippen LogP contribution is 2.41. The van der Waals surface area contributed by atoms with Crippen LogP contribution in [0.2, 0.25) is 0 Å². The number of hydrogen-bond donors (Lipinski definition) is 0. The molecule has 0 amide bonds. The third-order valence-corrected chi connectivity index (χ3v) is 10.1. The molecule has 7 aromatic heterocycles. The molecule has 9 heteroatoms. The number of hydrogen-bond acceptors (Lipinski definition) is 7. The molecule has 0 aliphatic carbocycles. The van der Waals surface area contributed by atoms with Crippen molar-refractivity contribution < 1.29 is 4.42 Å². The zero-order valence-electron chi connectivity index (χ0n) is 29.2. The molecule has 0 fully saturated rings. The van der Waals surface area contributed by atoms with Crippen LogP contribution in [-0.4, -0.2) is 39.3 Å². The lowest BCUT2D eigenvalue weighted by atomic mass is 10.1. The average Bonchev–Trinajstić information content (AvgIpc) is 3.98. The van der Waals surface area contributed by atoms with Crippen molar-refractivity contribution in [2.24, 2.45) is 0 Å². The number of nitrogens with zero attached hydrogens (tertiary/aromatic N) is 8. The normalized spacial score (nSPS) is 11.6. The Bertz CT molecular complexity index is 3000. The van der Waals surface area contributed by atoms with E-state index in [4.69, 9.17) is 14.4 Å². The monoisotopic (exact) mass is 708 g/mol. The van der Waals surface area contributed by atoms with Crippen molar-refractivity contribution in [3.63, 3.8) is 0 Å². The number of pyridine rings is 4. The minimum Gasteiger partial charge on any atom is -0.416 e. The highest BCUT2D eigenvalue weighted by molar-refractivity contribution is 6.16. The Kier molecular flexibility index (Phi) is 6.96. The van der Waals surface area contributed by atoms with Gasteiger partial charge in [0.1, 0.15) is 11.6 Å². The topological polar surface area (TPSA) is 100 Å². The summed E-state index contributed by atoms with van der Waals surface area (Å²) in [5.74, 6) is 2.48. The van der Waals surface area contributed by atoms with Gasteiger partial charge in [-0.05, 0) is 84.9 Å². The fourth-order valence-corrected chi connectivity index (χ4v) is 7.78. The second kappa shape index (κ2) is 12.4. The summed E-state index contributed by atoms with van der Waals surface area (Å²) in [6, 6.07) is 49.1. The standard InChI is InChI=1S/C46H28N8O/c1-3-19-37-31(13-1)43-33(15-5-21-39(43)53(37)41-23-7-17-35(49-41)29-11-9-25-47-27-29)45-51-52-46(55-45)34-16-6-22-40-44(34)32-14-2-4-20-38(32)54(40)42-24-8-18-36(50-42)30-12-10-26-48-28-30/h1-28H. The molecule has 0 aliphatic rings. The minimum atomic E-state index is 0.437. The third kappa shape index (κ3) is 4.94. The van der Waals surface area contributed by atoms with Crippen LogP contribution in [0.25, 0.3) is 101 Å². The number of fused-ring (bicyclic) bond motifs is 6. The van der Waals surface area contributed by atoms with Crippen molar-refractivity contribution >= 4 is 43.6 Å².